The van der Waals surface area contributed by atoms with E-state index in [9.17, 15) is 18.0 Å². The molecule has 1 aromatic heterocycles. The Morgan fingerprint density at radius 2 is 2.00 bits per heavy atom. The number of piperazine rings is 1. The van der Waals surface area contributed by atoms with Crippen LogP contribution in [0.1, 0.15) is 12.0 Å². The fourth-order valence-corrected chi connectivity index (χ4v) is 4.84. The maximum atomic E-state index is 12.9. The van der Waals surface area contributed by atoms with E-state index in [2.05, 4.69) is 9.80 Å². The van der Waals surface area contributed by atoms with E-state index in [1.165, 1.54) is 24.5 Å². The summed E-state index contributed by atoms with van der Waals surface area (Å²) in [6, 6.07) is 3.98. The number of esters is 1. The van der Waals surface area contributed by atoms with Crippen LogP contribution in [-0.2, 0) is 15.7 Å². The highest BCUT2D eigenvalue weighted by molar-refractivity contribution is 7.17. The van der Waals surface area contributed by atoms with Crippen LogP contribution in [0.3, 0.4) is 0 Å². The van der Waals surface area contributed by atoms with Gasteiger partial charge in [0.05, 0.1) is 24.3 Å². The summed E-state index contributed by atoms with van der Waals surface area (Å²) in [4.78, 5) is 16.1. The summed E-state index contributed by atoms with van der Waals surface area (Å²) in [5, 5.41) is 2.84. The summed E-state index contributed by atoms with van der Waals surface area (Å²) >= 11 is 1.36. The highest BCUT2D eigenvalue weighted by Gasteiger charge is 2.44. The number of thiophene rings is 1. The van der Waals surface area contributed by atoms with Crippen molar-refractivity contribution in [1.82, 2.24) is 4.90 Å². The van der Waals surface area contributed by atoms with Crippen molar-refractivity contribution in [1.29, 1.82) is 0 Å². The van der Waals surface area contributed by atoms with Gasteiger partial charge in [-0.15, -0.1) is 11.3 Å². The lowest BCUT2D eigenvalue weighted by molar-refractivity contribution is -0.142. The Hall–Kier alpha value is -1.80. The van der Waals surface area contributed by atoms with Crippen LogP contribution < -0.4 is 4.90 Å². The molecule has 0 amide bonds. The van der Waals surface area contributed by atoms with Crippen LogP contribution in [0, 0.1) is 11.8 Å². The number of nitrogens with zero attached hydrogens (tertiary/aromatic N) is 2. The van der Waals surface area contributed by atoms with Crippen LogP contribution in [0.25, 0.3) is 10.1 Å². The number of halogens is 3. The first kappa shape index (κ1) is 18.6. The number of ether oxygens (including phenoxy) is 1. The minimum Gasteiger partial charge on any atom is -0.469 e. The fourth-order valence-electron chi connectivity index (χ4n) is 3.83. The molecule has 2 fully saturated rings. The maximum Gasteiger partial charge on any atom is 0.416 e. The van der Waals surface area contributed by atoms with Gasteiger partial charge < -0.3 is 9.64 Å². The summed E-state index contributed by atoms with van der Waals surface area (Å²) in [5.41, 5.74) is 0.417. The quantitative estimate of drug-likeness (QED) is 0.733. The molecule has 2 aliphatic rings. The summed E-state index contributed by atoms with van der Waals surface area (Å²) in [6.45, 7) is 4.36. The van der Waals surface area contributed by atoms with Crippen LogP contribution in [0.5, 0.6) is 0 Å². The molecule has 0 radical (unpaired) electrons. The Morgan fingerprint density at radius 1 is 1.26 bits per heavy atom. The fraction of sp³-hybridized carbons (Fsp3) is 0.526. The van der Waals surface area contributed by atoms with Crippen molar-refractivity contribution in [2.24, 2.45) is 11.8 Å². The lowest BCUT2D eigenvalue weighted by Gasteiger charge is -2.36. The van der Waals surface area contributed by atoms with Gasteiger partial charge in [0.25, 0.3) is 0 Å². The number of carbonyl (C=O) groups is 1. The van der Waals surface area contributed by atoms with Gasteiger partial charge in [-0.2, -0.15) is 13.2 Å². The maximum absolute atomic E-state index is 12.9. The van der Waals surface area contributed by atoms with Gasteiger partial charge in [-0.05, 0) is 24.5 Å². The summed E-state index contributed by atoms with van der Waals surface area (Å²) in [7, 11) is 1.43. The predicted octanol–water partition coefficient (Wildman–Crippen LogP) is 3.85. The molecule has 1 aliphatic carbocycles. The second-order valence-corrected chi connectivity index (χ2v) is 8.15. The molecule has 27 heavy (non-hydrogen) atoms. The van der Waals surface area contributed by atoms with Crippen LogP contribution in [0.15, 0.2) is 23.6 Å². The first-order valence-electron chi connectivity index (χ1n) is 9.00. The summed E-state index contributed by atoms with van der Waals surface area (Å²) in [6.07, 6.45) is -3.40. The van der Waals surface area contributed by atoms with Crippen LogP contribution in [-0.4, -0.2) is 50.7 Å². The summed E-state index contributed by atoms with van der Waals surface area (Å²) in [5.74, 6) is 0.338. The Morgan fingerprint density at radius 3 is 2.67 bits per heavy atom. The second kappa shape index (κ2) is 6.98. The van der Waals surface area contributed by atoms with E-state index in [-0.39, 0.29) is 11.9 Å². The molecule has 1 unspecified atom stereocenters. The molecular formula is C19H21F3N2O2S. The molecule has 0 N–H and O–H groups in total. The molecule has 2 aromatic rings. The van der Waals surface area contributed by atoms with Crippen molar-refractivity contribution in [3.05, 3.63) is 29.1 Å². The molecule has 1 saturated heterocycles. The average Bonchev–Trinajstić information content (AvgIpc) is 3.28. The third-order valence-corrected chi connectivity index (χ3v) is 6.45. The van der Waals surface area contributed by atoms with Crippen molar-refractivity contribution in [2.45, 2.75) is 12.6 Å². The molecule has 1 aromatic carbocycles. The van der Waals surface area contributed by atoms with E-state index in [1.807, 2.05) is 5.38 Å². The predicted molar refractivity (Wildman–Crippen MR) is 99.1 cm³/mol. The Kier molecular flexibility index (Phi) is 4.80. The molecule has 4 nitrogen and oxygen atoms in total. The molecule has 2 heterocycles. The SMILES string of the molecule is COC(=O)[C@H]1CC1CN1CCN(c2csc3cc(C(F)(F)F)ccc23)CC1. The number of carbonyl (C=O) groups excluding carboxylic acids is 1. The average molecular weight is 398 g/mol. The van der Waals surface area contributed by atoms with Gasteiger partial charge >= 0.3 is 12.1 Å². The molecule has 0 bridgehead atoms. The number of hydrogen-bond donors (Lipinski definition) is 0. The summed E-state index contributed by atoms with van der Waals surface area (Å²) < 4.78 is 44.1. The molecule has 8 heteroatoms. The standard InChI is InChI=1S/C19H21F3N2O2S/c1-26-18(25)15-8-12(15)10-23-4-6-24(7-5-23)16-11-27-17-9-13(19(20,21)22)2-3-14(16)17/h2-3,9,11-12,15H,4-8,10H2,1H3/t12?,15-/m0/s1. The van der Waals surface area contributed by atoms with Gasteiger partial charge in [-0.25, -0.2) is 0 Å². The Bertz CT molecular complexity index is 843. The van der Waals surface area contributed by atoms with Crippen molar-refractivity contribution in [3.63, 3.8) is 0 Å². The zero-order chi connectivity index (χ0) is 19.2. The number of methoxy groups -OCH3 is 1. The molecule has 4 rings (SSSR count). The minimum absolute atomic E-state index is 0.0525. The Balaban J connectivity index is 1.38. The number of benzene rings is 1. The molecule has 0 spiro atoms. The monoisotopic (exact) mass is 398 g/mol. The van der Waals surface area contributed by atoms with Gasteiger partial charge in [0.15, 0.2) is 0 Å². The van der Waals surface area contributed by atoms with Gasteiger partial charge in [0.2, 0.25) is 0 Å². The Labute approximate surface area is 159 Å². The van der Waals surface area contributed by atoms with Crippen molar-refractivity contribution < 1.29 is 22.7 Å². The van der Waals surface area contributed by atoms with Crippen LogP contribution >= 0.6 is 11.3 Å². The van der Waals surface area contributed by atoms with Crippen molar-refractivity contribution in [2.75, 3.05) is 44.7 Å². The minimum atomic E-state index is -4.31. The number of anilines is 1. The van der Waals surface area contributed by atoms with Gasteiger partial charge in [-0.1, -0.05) is 6.07 Å². The van der Waals surface area contributed by atoms with Gasteiger partial charge in [-0.3, -0.25) is 9.69 Å². The number of hydrogen-bond acceptors (Lipinski definition) is 5. The lowest BCUT2D eigenvalue weighted by atomic mass is 10.1. The zero-order valence-corrected chi connectivity index (χ0v) is 15.8. The van der Waals surface area contributed by atoms with Gasteiger partial charge in [0, 0.05) is 48.2 Å². The molecule has 146 valence electrons. The molecule has 2 atom stereocenters. The largest absolute Gasteiger partial charge is 0.469 e. The van der Waals surface area contributed by atoms with E-state index < -0.39 is 11.7 Å². The van der Waals surface area contributed by atoms with Crippen LogP contribution in [0.4, 0.5) is 18.9 Å². The highest BCUT2D eigenvalue weighted by atomic mass is 32.1. The smallest absolute Gasteiger partial charge is 0.416 e. The van der Waals surface area contributed by atoms with Crippen molar-refractivity contribution in [3.8, 4) is 0 Å². The first-order valence-corrected chi connectivity index (χ1v) is 9.88. The van der Waals surface area contributed by atoms with Crippen LogP contribution in [0.2, 0.25) is 0 Å². The number of alkyl halides is 3. The normalized spacial score (nSPS) is 23.6. The zero-order valence-electron chi connectivity index (χ0n) is 15.0. The van der Waals surface area contributed by atoms with Gasteiger partial charge in [0.1, 0.15) is 0 Å². The van der Waals surface area contributed by atoms with Crippen molar-refractivity contribution >= 4 is 33.1 Å². The van der Waals surface area contributed by atoms with E-state index in [0.29, 0.717) is 10.6 Å². The first-order chi connectivity index (χ1) is 12.9. The molecule has 1 aliphatic heterocycles. The highest BCUT2D eigenvalue weighted by Crippen LogP contribution is 2.41. The molecule has 1 saturated carbocycles. The lowest BCUT2D eigenvalue weighted by Crippen LogP contribution is -2.47. The third-order valence-electron chi connectivity index (χ3n) is 5.51. The molecular weight excluding hydrogens is 377 g/mol. The van der Waals surface area contributed by atoms with E-state index >= 15 is 0 Å². The third kappa shape index (κ3) is 3.78. The number of rotatable bonds is 4. The van der Waals surface area contributed by atoms with E-state index in [1.54, 1.807) is 6.07 Å². The topological polar surface area (TPSA) is 32.8 Å². The van der Waals surface area contributed by atoms with E-state index in [4.69, 9.17) is 4.74 Å². The number of fused-ring (bicyclic) bond motifs is 1. The second-order valence-electron chi connectivity index (χ2n) is 7.24. The van der Waals surface area contributed by atoms with E-state index in [0.717, 1.165) is 56.3 Å².